The fraction of sp³-hybridized carbons (Fsp3) is 0.429. The molecule has 4 atom stereocenters. The predicted molar refractivity (Wildman–Crippen MR) is 114 cm³/mol. The van der Waals surface area contributed by atoms with Crippen molar-refractivity contribution < 1.29 is 0 Å². The Hall–Kier alpha value is -0.380. The van der Waals surface area contributed by atoms with Gasteiger partial charge in [-0.15, -0.1) is 11.8 Å². The second-order valence-corrected chi connectivity index (χ2v) is 9.67. The Morgan fingerprint density at radius 3 is 2.69 bits per heavy atom. The van der Waals surface area contributed by atoms with Crippen molar-refractivity contribution in [2.75, 3.05) is 12.8 Å². The zero-order valence-corrected chi connectivity index (χ0v) is 17.8. The van der Waals surface area contributed by atoms with Gasteiger partial charge in [0.2, 0.25) is 0 Å². The van der Waals surface area contributed by atoms with Crippen LogP contribution in [-0.2, 0) is 0 Å². The van der Waals surface area contributed by atoms with Crippen LogP contribution in [0.15, 0.2) is 47.4 Å². The number of rotatable bonds is 4. The number of hydrogen-bond acceptors (Lipinski definition) is 2. The third-order valence-electron chi connectivity index (χ3n) is 6.06. The fourth-order valence-electron chi connectivity index (χ4n) is 4.71. The van der Waals surface area contributed by atoms with E-state index in [9.17, 15) is 0 Å². The molecule has 5 heteroatoms. The van der Waals surface area contributed by atoms with Crippen molar-refractivity contribution in [2.24, 2.45) is 5.92 Å². The van der Waals surface area contributed by atoms with Crippen LogP contribution in [0.5, 0.6) is 0 Å². The first-order valence-corrected chi connectivity index (χ1v) is 11.2. The largest absolute Gasteiger partial charge is 0.300 e. The van der Waals surface area contributed by atoms with Gasteiger partial charge in [0.15, 0.2) is 0 Å². The third-order valence-corrected chi connectivity index (χ3v) is 8.42. The highest BCUT2D eigenvalue weighted by atomic mass is 35.5. The molecule has 0 radical (unpaired) electrons. The Labute approximate surface area is 175 Å². The van der Waals surface area contributed by atoms with Crippen molar-refractivity contribution >= 4 is 46.6 Å². The molecule has 0 spiro atoms. The van der Waals surface area contributed by atoms with Crippen molar-refractivity contribution in [1.82, 2.24) is 4.90 Å². The minimum Gasteiger partial charge on any atom is -0.300 e. The van der Waals surface area contributed by atoms with E-state index < -0.39 is 0 Å². The molecule has 0 saturated carbocycles. The first-order chi connectivity index (χ1) is 12.5. The maximum atomic E-state index is 6.41. The molecule has 4 rings (SSSR count). The Bertz CT molecular complexity index is 797. The minimum absolute atomic E-state index is 0.549. The van der Waals surface area contributed by atoms with Crippen LogP contribution in [0.2, 0.25) is 15.1 Å². The third kappa shape index (κ3) is 3.64. The Morgan fingerprint density at radius 2 is 1.88 bits per heavy atom. The second kappa shape index (κ2) is 7.93. The Morgan fingerprint density at radius 1 is 1.08 bits per heavy atom. The number of hydrogen-bond donors (Lipinski definition) is 0. The highest BCUT2D eigenvalue weighted by molar-refractivity contribution is 7.99. The van der Waals surface area contributed by atoms with Gasteiger partial charge >= 0.3 is 0 Å². The maximum Gasteiger partial charge on any atom is 0.0728 e. The average Bonchev–Trinajstić information content (AvgIpc) is 2.87. The maximum absolute atomic E-state index is 6.41. The summed E-state index contributed by atoms with van der Waals surface area (Å²) < 4.78 is 0. The number of fused-ring (bicyclic) bond motifs is 2. The number of benzene rings is 2. The van der Waals surface area contributed by atoms with Crippen LogP contribution in [0.3, 0.4) is 0 Å². The molecule has 2 aromatic carbocycles. The van der Waals surface area contributed by atoms with E-state index in [4.69, 9.17) is 34.8 Å². The first kappa shape index (κ1) is 19.0. The standard InChI is InChI=1S/C21H22Cl3NS/c1-25-15-8-9-19(25)17(12-26-20-7-3-6-18(23)21(20)24)16(11-15)13-4-2-5-14(22)10-13/h2-7,10,15-17,19H,8-9,11-12H2,1H3/t15?,16-,17-,19?/m1/s1. The van der Waals surface area contributed by atoms with Crippen molar-refractivity contribution in [2.45, 2.75) is 42.2 Å². The van der Waals surface area contributed by atoms with Gasteiger partial charge in [-0.2, -0.15) is 0 Å². The molecule has 2 bridgehead atoms. The molecule has 26 heavy (non-hydrogen) atoms. The van der Waals surface area contributed by atoms with Crippen LogP contribution in [0.4, 0.5) is 0 Å². The van der Waals surface area contributed by atoms with Crippen LogP contribution in [0.25, 0.3) is 0 Å². The molecule has 2 aliphatic rings. The molecule has 2 aromatic rings. The Kier molecular flexibility index (Phi) is 5.78. The van der Waals surface area contributed by atoms with Crippen molar-refractivity contribution in [3.8, 4) is 0 Å². The van der Waals surface area contributed by atoms with Crippen molar-refractivity contribution in [3.05, 3.63) is 63.1 Å². The van der Waals surface area contributed by atoms with E-state index in [1.165, 1.54) is 24.8 Å². The lowest BCUT2D eigenvalue weighted by molar-refractivity contribution is 0.112. The van der Waals surface area contributed by atoms with Crippen molar-refractivity contribution in [1.29, 1.82) is 0 Å². The summed E-state index contributed by atoms with van der Waals surface area (Å²) in [5.74, 6) is 2.17. The van der Waals surface area contributed by atoms with E-state index in [2.05, 4.69) is 36.2 Å². The first-order valence-electron chi connectivity index (χ1n) is 9.09. The molecule has 2 fully saturated rings. The molecule has 0 aromatic heterocycles. The molecule has 2 aliphatic heterocycles. The van der Waals surface area contributed by atoms with Crippen molar-refractivity contribution in [3.63, 3.8) is 0 Å². The molecule has 0 aliphatic carbocycles. The molecule has 0 amide bonds. The monoisotopic (exact) mass is 425 g/mol. The molecule has 138 valence electrons. The van der Waals surface area contributed by atoms with E-state index >= 15 is 0 Å². The molecular weight excluding hydrogens is 405 g/mol. The van der Waals surface area contributed by atoms with Gasteiger partial charge in [0.05, 0.1) is 10.0 Å². The highest BCUT2D eigenvalue weighted by Gasteiger charge is 2.45. The highest BCUT2D eigenvalue weighted by Crippen LogP contribution is 2.48. The zero-order valence-electron chi connectivity index (χ0n) is 14.7. The van der Waals surface area contributed by atoms with E-state index in [0.717, 1.165) is 15.7 Å². The molecule has 1 nitrogen and oxygen atoms in total. The quantitative estimate of drug-likeness (QED) is 0.484. The summed E-state index contributed by atoms with van der Waals surface area (Å²) in [7, 11) is 2.29. The molecule has 2 saturated heterocycles. The lowest BCUT2D eigenvalue weighted by Crippen LogP contribution is -2.46. The number of halogens is 3. The Balaban J connectivity index is 1.60. The number of nitrogens with zero attached hydrogens (tertiary/aromatic N) is 1. The minimum atomic E-state index is 0.549. The summed E-state index contributed by atoms with van der Waals surface area (Å²) >= 11 is 20.7. The molecule has 0 N–H and O–H groups in total. The second-order valence-electron chi connectivity index (χ2n) is 7.39. The summed E-state index contributed by atoms with van der Waals surface area (Å²) in [6.45, 7) is 0. The van der Waals surface area contributed by atoms with E-state index in [-0.39, 0.29) is 0 Å². The van der Waals surface area contributed by atoms with Gasteiger partial charge in [-0.25, -0.2) is 0 Å². The number of thioether (sulfide) groups is 1. The van der Waals surface area contributed by atoms with Crippen LogP contribution < -0.4 is 0 Å². The normalized spacial score (nSPS) is 28.5. The van der Waals surface area contributed by atoms with Gasteiger partial charge < -0.3 is 4.90 Å². The summed E-state index contributed by atoms with van der Waals surface area (Å²) in [5, 5.41) is 2.13. The predicted octanol–water partition coefficient (Wildman–Crippen LogP) is 7.01. The van der Waals surface area contributed by atoms with E-state index in [0.29, 0.717) is 34.0 Å². The van der Waals surface area contributed by atoms with Crippen LogP contribution >= 0.6 is 46.6 Å². The van der Waals surface area contributed by atoms with Gasteiger partial charge in [-0.3, -0.25) is 0 Å². The van der Waals surface area contributed by atoms with Gasteiger partial charge in [-0.05, 0) is 68.0 Å². The van der Waals surface area contributed by atoms with Gasteiger partial charge in [0.1, 0.15) is 0 Å². The lowest BCUT2D eigenvalue weighted by atomic mass is 9.77. The van der Waals surface area contributed by atoms with Gasteiger partial charge in [0.25, 0.3) is 0 Å². The number of piperidine rings is 1. The summed E-state index contributed by atoms with van der Waals surface area (Å²) in [5.41, 5.74) is 1.38. The molecule has 2 unspecified atom stereocenters. The fourth-order valence-corrected chi connectivity index (χ4v) is 6.66. The van der Waals surface area contributed by atoms with Crippen LogP contribution in [-0.4, -0.2) is 29.8 Å². The summed E-state index contributed by atoms with van der Waals surface area (Å²) in [6, 6.07) is 15.6. The van der Waals surface area contributed by atoms with Gasteiger partial charge in [-0.1, -0.05) is 53.0 Å². The summed E-state index contributed by atoms with van der Waals surface area (Å²) in [6.07, 6.45) is 3.80. The SMILES string of the molecule is CN1C2CCC1[C@H](CSc1cccc(Cl)c1Cl)[C@@H](c1cccc(Cl)c1)C2. The lowest BCUT2D eigenvalue weighted by Gasteiger charge is -2.43. The topological polar surface area (TPSA) is 3.24 Å². The molecule has 2 heterocycles. The van der Waals surface area contributed by atoms with Crippen LogP contribution in [0, 0.1) is 5.92 Å². The van der Waals surface area contributed by atoms with Gasteiger partial charge in [0, 0.05) is 27.8 Å². The summed E-state index contributed by atoms with van der Waals surface area (Å²) in [4.78, 5) is 3.68. The zero-order chi connectivity index (χ0) is 18.3. The van der Waals surface area contributed by atoms with E-state index in [1.54, 1.807) is 0 Å². The van der Waals surface area contributed by atoms with E-state index in [1.807, 2.05) is 30.0 Å². The van der Waals surface area contributed by atoms with Crippen LogP contribution in [0.1, 0.15) is 30.7 Å². The molecular formula is C21H22Cl3NS. The smallest absolute Gasteiger partial charge is 0.0728 e. The average molecular weight is 427 g/mol.